The van der Waals surface area contributed by atoms with E-state index in [0.29, 0.717) is 6.04 Å². The largest absolute Gasteiger partial charge is 0.358 e. The molecular weight excluding hydrogens is 256 g/mol. The van der Waals surface area contributed by atoms with E-state index in [-0.39, 0.29) is 0 Å². The SMILES string of the molecule is CC(CCC1CC1)Nc1nnc(-c2ccccn2)s1. The summed E-state index contributed by atoms with van der Waals surface area (Å²) in [6.45, 7) is 2.21. The van der Waals surface area contributed by atoms with Crippen molar-refractivity contribution in [2.24, 2.45) is 5.92 Å². The summed E-state index contributed by atoms with van der Waals surface area (Å²) in [7, 11) is 0. The van der Waals surface area contributed by atoms with Crippen molar-refractivity contribution in [1.29, 1.82) is 0 Å². The molecule has 0 aliphatic heterocycles. The molecule has 2 aromatic heterocycles. The molecule has 1 N–H and O–H groups in total. The molecule has 2 heterocycles. The van der Waals surface area contributed by atoms with Crippen LogP contribution in [0.15, 0.2) is 24.4 Å². The number of rotatable bonds is 6. The predicted molar refractivity (Wildman–Crippen MR) is 78.2 cm³/mol. The lowest BCUT2D eigenvalue weighted by molar-refractivity contribution is 0.609. The van der Waals surface area contributed by atoms with Crippen molar-refractivity contribution >= 4 is 16.5 Å². The van der Waals surface area contributed by atoms with Crippen LogP contribution in [0.3, 0.4) is 0 Å². The maximum Gasteiger partial charge on any atom is 0.206 e. The minimum absolute atomic E-state index is 0.463. The molecule has 3 rings (SSSR count). The van der Waals surface area contributed by atoms with Gasteiger partial charge in [0.25, 0.3) is 0 Å². The number of aromatic nitrogens is 3. The first-order chi connectivity index (χ1) is 9.31. The third-order valence-electron chi connectivity index (χ3n) is 3.38. The Morgan fingerprint density at radius 3 is 3.00 bits per heavy atom. The molecule has 0 aromatic carbocycles. The summed E-state index contributed by atoms with van der Waals surface area (Å²) in [6, 6.07) is 6.30. The molecule has 0 spiro atoms. The number of pyridine rings is 1. The van der Waals surface area contributed by atoms with Gasteiger partial charge in [0.05, 0.1) is 0 Å². The third-order valence-corrected chi connectivity index (χ3v) is 4.26. The van der Waals surface area contributed by atoms with Gasteiger partial charge in [-0.15, -0.1) is 10.2 Å². The van der Waals surface area contributed by atoms with Gasteiger partial charge in [-0.1, -0.05) is 30.2 Å². The standard InChI is InChI=1S/C14H18N4S/c1-10(5-6-11-7-8-11)16-14-18-17-13(19-14)12-4-2-3-9-15-12/h2-4,9-11H,5-8H2,1H3,(H,16,18). The van der Waals surface area contributed by atoms with E-state index in [4.69, 9.17) is 0 Å². The van der Waals surface area contributed by atoms with Crippen molar-refractivity contribution in [2.75, 3.05) is 5.32 Å². The highest BCUT2D eigenvalue weighted by Crippen LogP contribution is 2.34. The van der Waals surface area contributed by atoms with Crippen LogP contribution in [0.2, 0.25) is 0 Å². The van der Waals surface area contributed by atoms with Gasteiger partial charge in [-0.3, -0.25) is 4.98 Å². The van der Waals surface area contributed by atoms with Gasteiger partial charge in [0, 0.05) is 12.2 Å². The van der Waals surface area contributed by atoms with E-state index in [0.717, 1.165) is 21.8 Å². The fourth-order valence-electron chi connectivity index (χ4n) is 2.05. The summed E-state index contributed by atoms with van der Waals surface area (Å²) < 4.78 is 0. The Morgan fingerprint density at radius 1 is 1.37 bits per heavy atom. The second-order valence-corrected chi connectivity index (χ2v) is 6.17. The van der Waals surface area contributed by atoms with Gasteiger partial charge < -0.3 is 5.32 Å². The summed E-state index contributed by atoms with van der Waals surface area (Å²) in [5.74, 6) is 0.989. The quantitative estimate of drug-likeness (QED) is 0.874. The molecule has 4 nitrogen and oxygen atoms in total. The van der Waals surface area contributed by atoms with Crippen LogP contribution < -0.4 is 5.32 Å². The Hall–Kier alpha value is -1.49. The molecule has 2 aromatic rings. The van der Waals surface area contributed by atoms with Gasteiger partial charge in [0.15, 0.2) is 5.01 Å². The lowest BCUT2D eigenvalue weighted by atomic mass is 10.1. The Bertz CT molecular complexity index is 521. The molecule has 0 bridgehead atoms. The van der Waals surface area contributed by atoms with E-state index in [1.54, 1.807) is 17.5 Å². The summed E-state index contributed by atoms with van der Waals surface area (Å²) >= 11 is 1.57. The molecule has 1 aliphatic carbocycles. The molecule has 100 valence electrons. The van der Waals surface area contributed by atoms with Crippen LogP contribution in [0.1, 0.15) is 32.6 Å². The lowest BCUT2D eigenvalue weighted by Gasteiger charge is -2.11. The van der Waals surface area contributed by atoms with Crippen molar-refractivity contribution in [3.63, 3.8) is 0 Å². The molecule has 1 fully saturated rings. The Balaban J connectivity index is 1.58. The zero-order valence-corrected chi connectivity index (χ0v) is 11.9. The van der Waals surface area contributed by atoms with Gasteiger partial charge >= 0.3 is 0 Å². The average molecular weight is 274 g/mol. The number of anilines is 1. The average Bonchev–Trinajstić information content (AvgIpc) is 3.16. The molecular formula is C14H18N4S. The number of nitrogens with one attached hydrogen (secondary N) is 1. The fraction of sp³-hybridized carbons (Fsp3) is 0.500. The molecule has 0 saturated heterocycles. The van der Waals surface area contributed by atoms with Gasteiger partial charge in [-0.05, 0) is 37.8 Å². The number of nitrogens with zero attached hydrogens (tertiary/aromatic N) is 3. The summed E-state index contributed by atoms with van der Waals surface area (Å²) in [6.07, 6.45) is 7.18. The van der Waals surface area contributed by atoms with Crippen molar-refractivity contribution in [3.8, 4) is 10.7 Å². The highest BCUT2D eigenvalue weighted by molar-refractivity contribution is 7.18. The Kier molecular flexibility index (Phi) is 3.73. The summed E-state index contributed by atoms with van der Waals surface area (Å²) in [4.78, 5) is 4.29. The predicted octanol–water partition coefficient (Wildman–Crippen LogP) is 3.59. The minimum atomic E-state index is 0.463. The maximum absolute atomic E-state index is 4.29. The number of hydrogen-bond acceptors (Lipinski definition) is 5. The monoisotopic (exact) mass is 274 g/mol. The highest BCUT2D eigenvalue weighted by Gasteiger charge is 2.21. The molecule has 0 amide bonds. The van der Waals surface area contributed by atoms with E-state index in [2.05, 4.69) is 27.4 Å². The normalized spacial score (nSPS) is 16.3. The van der Waals surface area contributed by atoms with Gasteiger partial charge in [0.1, 0.15) is 5.69 Å². The van der Waals surface area contributed by atoms with Crippen LogP contribution >= 0.6 is 11.3 Å². The molecule has 19 heavy (non-hydrogen) atoms. The van der Waals surface area contributed by atoms with E-state index >= 15 is 0 Å². The van der Waals surface area contributed by atoms with Crippen LogP contribution in [0.5, 0.6) is 0 Å². The molecule has 1 aliphatic rings. The number of hydrogen-bond donors (Lipinski definition) is 1. The smallest absolute Gasteiger partial charge is 0.206 e. The van der Waals surface area contributed by atoms with Crippen LogP contribution in [0.25, 0.3) is 10.7 Å². The first-order valence-corrected chi connectivity index (χ1v) is 7.64. The van der Waals surface area contributed by atoms with E-state index in [1.165, 1.54) is 25.7 Å². The van der Waals surface area contributed by atoms with E-state index in [1.807, 2.05) is 18.2 Å². The molecule has 1 saturated carbocycles. The highest BCUT2D eigenvalue weighted by atomic mass is 32.1. The first kappa shape index (κ1) is 12.5. The van der Waals surface area contributed by atoms with Gasteiger partial charge in [-0.25, -0.2) is 0 Å². The van der Waals surface area contributed by atoms with Gasteiger partial charge in [-0.2, -0.15) is 0 Å². The zero-order chi connectivity index (χ0) is 13.1. The molecule has 5 heteroatoms. The Labute approximate surface area is 117 Å². The Morgan fingerprint density at radius 2 is 2.26 bits per heavy atom. The van der Waals surface area contributed by atoms with Crippen molar-refractivity contribution < 1.29 is 0 Å². The van der Waals surface area contributed by atoms with Crippen LogP contribution in [-0.2, 0) is 0 Å². The van der Waals surface area contributed by atoms with Gasteiger partial charge in [0.2, 0.25) is 5.13 Å². The van der Waals surface area contributed by atoms with E-state index in [9.17, 15) is 0 Å². The van der Waals surface area contributed by atoms with Crippen LogP contribution in [0, 0.1) is 5.92 Å². The molecule has 1 unspecified atom stereocenters. The molecule has 0 radical (unpaired) electrons. The summed E-state index contributed by atoms with van der Waals surface area (Å²) in [5, 5.41) is 13.6. The van der Waals surface area contributed by atoms with E-state index < -0.39 is 0 Å². The van der Waals surface area contributed by atoms with Crippen LogP contribution in [-0.4, -0.2) is 21.2 Å². The topological polar surface area (TPSA) is 50.7 Å². The lowest BCUT2D eigenvalue weighted by Crippen LogP contribution is -2.14. The van der Waals surface area contributed by atoms with Crippen molar-refractivity contribution in [1.82, 2.24) is 15.2 Å². The van der Waals surface area contributed by atoms with Crippen molar-refractivity contribution in [3.05, 3.63) is 24.4 Å². The van der Waals surface area contributed by atoms with Crippen LogP contribution in [0.4, 0.5) is 5.13 Å². The maximum atomic E-state index is 4.29. The second kappa shape index (κ2) is 5.65. The summed E-state index contributed by atoms with van der Waals surface area (Å²) in [5.41, 5.74) is 0.888. The first-order valence-electron chi connectivity index (χ1n) is 6.82. The second-order valence-electron chi connectivity index (χ2n) is 5.19. The minimum Gasteiger partial charge on any atom is -0.358 e. The van der Waals surface area contributed by atoms with Crippen molar-refractivity contribution in [2.45, 2.75) is 38.6 Å². The zero-order valence-electron chi connectivity index (χ0n) is 11.0. The molecule has 1 atom stereocenters. The fourth-order valence-corrected chi connectivity index (χ4v) is 2.88. The third kappa shape index (κ3) is 3.50.